The van der Waals surface area contributed by atoms with Gasteiger partial charge < -0.3 is 27.4 Å². The van der Waals surface area contributed by atoms with Crippen LogP contribution in [0.2, 0.25) is 0 Å². The molecular weight excluding hydrogens is 802 g/mol. The zero-order chi connectivity index (χ0) is 29.2. The van der Waals surface area contributed by atoms with Crippen molar-refractivity contribution in [3.8, 4) is 0 Å². The van der Waals surface area contributed by atoms with E-state index in [4.69, 9.17) is 21.7 Å². The monoisotopic (exact) mass is 833 g/mol. The van der Waals surface area contributed by atoms with Crippen molar-refractivity contribution < 1.29 is 68.9 Å². The van der Waals surface area contributed by atoms with Gasteiger partial charge in [-0.25, -0.2) is 4.79 Å². The fourth-order valence-electron chi connectivity index (χ4n) is 1.27. The lowest BCUT2D eigenvalue weighted by atomic mass is 10.1. The molecule has 0 unspecified atom stereocenters. The molecule has 0 aromatic heterocycles. The average molecular weight is 834 g/mol. The molecule has 0 aliphatic heterocycles. The number of nitrogens with two attached hydrogens (primary N) is 3. The highest BCUT2D eigenvalue weighted by molar-refractivity contribution is 15.0. The lowest BCUT2D eigenvalue weighted by Crippen LogP contribution is -2.37. The maximum Gasteiger partial charge on any atom is 0.389 e. The number of carbonyl (C=O) groups is 4. The summed E-state index contributed by atoms with van der Waals surface area (Å²) in [6.45, 7) is 0. The minimum Gasteiger partial charge on any atom is -0.480 e. The van der Waals surface area contributed by atoms with Crippen LogP contribution in [-0.4, -0.2) is 64.5 Å². The highest BCUT2D eigenvalue weighted by Crippen LogP contribution is 2.23. The zero-order valence-electron chi connectivity index (χ0n) is 17.7. The second-order valence-corrected chi connectivity index (χ2v) is 6.10. The number of primary amides is 1. The molecule has 0 rings (SSSR count). The average Bonchev–Trinajstić information content (AvgIpc) is 2.68. The van der Waals surface area contributed by atoms with Crippen molar-refractivity contribution in [2.75, 3.05) is 0 Å². The SMILES string of the molecule is C.C.Cl.II.NC(=O)[C@H](N)CCC(F)(F)F.N[C@H](CCC(F)(F)F)C(=O)O.O=C(O)C(=O)CCC(F)(F)F. The Kier molecular flexibility index (Phi) is 37.0. The number of halogens is 12. The van der Waals surface area contributed by atoms with Gasteiger partial charge in [0.25, 0.3) is 0 Å². The number of aliphatic carboxylic acids is 2. The third-order valence-corrected chi connectivity index (χ3v) is 3.03. The third kappa shape index (κ3) is 48.2. The summed E-state index contributed by atoms with van der Waals surface area (Å²) in [6.07, 6.45) is -18.7. The molecule has 0 aromatic carbocycles. The number of rotatable bonds is 9. The molecule has 234 valence electrons. The summed E-state index contributed by atoms with van der Waals surface area (Å²) < 4.78 is 103. The Morgan fingerprint density at radius 3 is 1.18 bits per heavy atom. The maximum atomic E-state index is 11.5. The van der Waals surface area contributed by atoms with Gasteiger partial charge in [-0.2, -0.15) is 39.5 Å². The lowest BCUT2D eigenvalue weighted by molar-refractivity contribution is -0.154. The molecule has 0 radical (unpaired) electrons. The predicted octanol–water partition coefficient (Wildman–Crippen LogP) is 5.33. The molecule has 2 atom stereocenters. The van der Waals surface area contributed by atoms with Crippen LogP contribution in [0.4, 0.5) is 39.5 Å². The number of carbonyl (C=O) groups excluding carboxylic acids is 2. The first-order valence-corrected chi connectivity index (χ1v) is 14.9. The Bertz CT molecular complexity index is 622. The number of Topliss-reactive ketones (excluding diaryl/α,β-unsaturated/α-hetero) is 1. The molecular formula is C17H31ClF9I2N3O6. The van der Waals surface area contributed by atoms with Crippen LogP contribution in [0.25, 0.3) is 0 Å². The van der Waals surface area contributed by atoms with Gasteiger partial charge in [-0.05, 0) is 12.8 Å². The summed E-state index contributed by atoms with van der Waals surface area (Å²) in [5.74, 6) is -5.56. The third-order valence-electron chi connectivity index (χ3n) is 3.03. The molecule has 0 aliphatic rings. The van der Waals surface area contributed by atoms with E-state index in [0.29, 0.717) is 0 Å². The van der Waals surface area contributed by atoms with E-state index in [9.17, 15) is 58.7 Å². The first-order chi connectivity index (χ1) is 15.5. The van der Waals surface area contributed by atoms with Crippen molar-refractivity contribution in [1.82, 2.24) is 0 Å². The minimum atomic E-state index is -4.47. The highest BCUT2D eigenvalue weighted by atomic mass is 128. The summed E-state index contributed by atoms with van der Waals surface area (Å²) in [7, 11) is 0. The van der Waals surface area contributed by atoms with Crippen LogP contribution >= 0.6 is 49.6 Å². The van der Waals surface area contributed by atoms with E-state index in [-0.39, 0.29) is 27.3 Å². The largest absolute Gasteiger partial charge is 0.480 e. The van der Waals surface area contributed by atoms with Crippen molar-refractivity contribution in [1.29, 1.82) is 0 Å². The standard InChI is InChI=1S/C5H9F3N2O.C5H8F3NO2.C5H5F3O3.2CH4.ClH.I2/c3*6-5(7,8)2-1-3(9)4(10)11;;;;1-2/h3H,1-2,9H2,(H2,10,11);3H,1-2,9H2,(H,10,11);1-2H2,(H,10,11);2*1H4;1H;/t2*3-;;;;;/m11...../s1. The molecule has 0 aliphatic carbocycles. The van der Waals surface area contributed by atoms with Crippen LogP contribution in [0.3, 0.4) is 0 Å². The van der Waals surface area contributed by atoms with Gasteiger partial charge in [-0.3, -0.25) is 14.4 Å². The molecule has 9 nitrogen and oxygen atoms in total. The quantitative estimate of drug-likeness (QED) is 0.117. The summed E-state index contributed by atoms with van der Waals surface area (Å²) in [5.41, 5.74) is 14.4. The number of carboxylic acids is 2. The molecule has 0 heterocycles. The van der Waals surface area contributed by atoms with Crippen molar-refractivity contribution in [3.05, 3.63) is 0 Å². The summed E-state index contributed by atoms with van der Waals surface area (Å²) >= 11 is 4.24. The molecule has 0 saturated carbocycles. The summed E-state index contributed by atoms with van der Waals surface area (Å²) in [5, 5.41) is 15.9. The van der Waals surface area contributed by atoms with Gasteiger partial charge in [0.1, 0.15) is 6.04 Å². The van der Waals surface area contributed by atoms with Crippen molar-refractivity contribution >= 4 is 73.3 Å². The van der Waals surface area contributed by atoms with Gasteiger partial charge in [0.15, 0.2) is 0 Å². The fraction of sp³-hybridized carbons (Fsp3) is 0.765. The Labute approximate surface area is 242 Å². The van der Waals surface area contributed by atoms with Crippen LogP contribution in [0, 0.1) is 0 Å². The molecule has 0 saturated heterocycles. The smallest absolute Gasteiger partial charge is 0.389 e. The molecule has 0 spiro atoms. The van der Waals surface area contributed by atoms with Crippen molar-refractivity contribution in [3.63, 3.8) is 0 Å². The number of alkyl halides is 9. The van der Waals surface area contributed by atoms with Gasteiger partial charge >= 0.3 is 30.5 Å². The van der Waals surface area contributed by atoms with Crippen LogP contribution in [0.1, 0.15) is 53.4 Å². The van der Waals surface area contributed by atoms with Gasteiger partial charge in [0.2, 0.25) is 11.7 Å². The van der Waals surface area contributed by atoms with Gasteiger partial charge in [-0.1, -0.05) is 14.9 Å². The van der Waals surface area contributed by atoms with E-state index in [1.54, 1.807) is 0 Å². The van der Waals surface area contributed by atoms with E-state index in [0.717, 1.165) is 0 Å². The van der Waals surface area contributed by atoms with Gasteiger partial charge in [0.05, 0.1) is 12.5 Å². The minimum absolute atomic E-state index is 0. The Morgan fingerprint density at radius 2 is 0.974 bits per heavy atom. The van der Waals surface area contributed by atoms with Crippen LogP contribution < -0.4 is 17.2 Å². The van der Waals surface area contributed by atoms with Crippen LogP contribution in [0.5, 0.6) is 0 Å². The van der Waals surface area contributed by atoms with E-state index in [1.165, 1.54) is 0 Å². The molecule has 1 amide bonds. The fourth-order valence-corrected chi connectivity index (χ4v) is 1.27. The number of amides is 1. The molecule has 38 heavy (non-hydrogen) atoms. The predicted molar refractivity (Wildman–Crippen MR) is 140 cm³/mol. The van der Waals surface area contributed by atoms with E-state index < -0.39 is 92.8 Å². The summed E-state index contributed by atoms with van der Waals surface area (Å²) in [6, 6.07) is -2.62. The molecule has 8 N–H and O–H groups in total. The zero-order valence-corrected chi connectivity index (χ0v) is 22.9. The topological polar surface area (TPSA) is 187 Å². The van der Waals surface area contributed by atoms with Crippen molar-refractivity contribution in [2.24, 2.45) is 17.2 Å². The van der Waals surface area contributed by atoms with E-state index in [1.807, 2.05) is 0 Å². The number of ketones is 1. The molecule has 0 fully saturated rings. The van der Waals surface area contributed by atoms with Crippen LogP contribution in [0.15, 0.2) is 0 Å². The normalized spacial score (nSPS) is 11.8. The number of hydrogen-bond acceptors (Lipinski definition) is 6. The Hall–Kier alpha value is -0.880. The summed E-state index contributed by atoms with van der Waals surface area (Å²) in [4.78, 5) is 39.9. The van der Waals surface area contributed by atoms with E-state index >= 15 is 0 Å². The molecule has 0 bridgehead atoms. The number of hydrogen-bond donors (Lipinski definition) is 5. The second-order valence-electron chi connectivity index (χ2n) is 6.10. The molecule has 0 aromatic rings. The van der Waals surface area contributed by atoms with Gasteiger partial charge in [0, 0.05) is 56.5 Å². The Balaban J connectivity index is -0.0000000706. The molecule has 21 heteroatoms. The maximum absolute atomic E-state index is 11.5. The van der Waals surface area contributed by atoms with E-state index in [2.05, 4.69) is 43.0 Å². The first kappa shape index (κ1) is 53.4. The number of carboxylic acid groups (broad SMARTS) is 2. The van der Waals surface area contributed by atoms with Crippen LogP contribution in [-0.2, 0) is 19.2 Å². The first-order valence-electron chi connectivity index (χ1n) is 8.62. The second kappa shape index (κ2) is 26.3. The van der Waals surface area contributed by atoms with Gasteiger partial charge in [-0.15, -0.1) is 12.4 Å². The Morgan fingerprint density at radius 1 is 0.684 bits per heavy atom. The highest BCUT2D eigenvalue weighted by Gasteiger charge is 2.30. The lowest BCUT2D eigenvalue weighted by Gasteiger charge is -2.08. The van der Waals surface area contributed by atoms with Crippen molar-refractivity contribution in [2.45, 2.75) is 84.0 Å².